The van der Waals surface area contributed by atoms with Crippen LogP contribution in [0.3, 0.4) is 0 Å². The Bertz CT molecular complexity index is 495. The molecule has 3 heteroatoms. The number of ketones is 1. The maximum Gasteiger partial charge on any atom is 0.172 e. The summed E-state index contributed by atoms with van der Waals surface area (Å²) in [6, 6.07) is 5.51. The normalized spacial score (nSPS) is 28.4. The number of methoxy groups -OCH3 is 1. The van der Waals surface area contributed by atoms with Crippen LogP contribution in [-0.2, 0) is 0 Å². The van der Waals surface area contributed by atoms with Gasteiger partial charge in [0, 0.05) is 0 Å². The van der Waals surface area contributed by atoms with E-state index in [0.717, 1.165) is 12.3 Å². The number of para-hydroxylation sites is 1. The van der Waals surface area contributed by atoms with Gasteiger partial charge in [0.05, 0.1) is 12.7 Å². The van der Waals surface area contributed by atoms with Crippen LogP contribution in [0.1, 0.15) is 43.0 Å². The monoisotopic (exact) mass is 260 g/mol. The summed E-state index contributed by atoms with van der Waals surface area (Å²) in [4.78, 5) is 11.7. The lowest BCUT2D eigenvalue weighted by Gasteiger charge is -2.25. The maximum atomic E-state index is 11.7. The minimum Gasteiger partial charge on any atom is -0.493 e. The summed E-state index contributed by atoms with van der Waals surface area (Å²) >= 11 is 0. The number of carbonyl (C=O) groups excluding carboxylic acids is 1. The van der Waals surface area contributed by atoms with E-state index in [1.165, 1.54) is 19.3 Å². The van der Waals surface area contributed by atoms with Crippen LogP contribution in [0.15, 0.2) is 18.2 Å². The van der Waals surface area contributed by atoms with Crippen molar-refractivity contribution in [3.63, 3.8) is 0 Å². The summed E-state index contributed by atoms with van der Waals surface area (Å²) in [6.45, 7) is 1.57. The molecule has 2 bridgehead atoms. The van der Waals surface area contributed by atoms with Crippen molar-refractivity contribution in [2.24, 2.45) is 11.8 Å². The highest BCUT2D eigenvalue weighted by Crippen LogP contribution is 2.47. The van der Waals surface area contributed by atoms with Gasteiger partial charge < -0.3 is 9.47 Å². The van der Waals surface area contributed by atoms with Gasteiger partial charge in [-0.25, -0.2) is 0 Å². The molecule has 0 N–H and O–H groups in total. The van der Waals surface area contributed by atoms with Crippen molar-refractivity contribution in [1.29, 1.82) is 0 Å². The van der Waals surface area contributed by atoms with Crippen LogP contribution in [0, 0.1) is 11.8 Å². The molecule has 19 heavy (non-hydrogen) atoms. The number of benzene rings is 1. The molecule has 0 radical (unpaired) electrons. The van der Waals surface area contributed by atoms with Gasteiger partial charge in [0.15, 0.2) is 17.3 Å². The average Bonchev–Trinajstić information content (AvgIpc) is 3.01. The number of hydrogen-bond donors (Lipinski definition) is 0. The van der Waals surface area contributed by atoms with E-state index in [9.17, 15) is 4.79 Å². The van der Waals surface area contributed by atoms with Gasteiger partial charge in [-0.2, -0.15) is 0 Å². The van der Waals surface area contributed by atoms with E-state index in [1.807, 2.05) is 18.2 Å². The van der Waals surface area contributed by atoms with E-state index in [1.54, 1.807) is 14.0 Å². The van der Waals surface area contributed by atoms with Crippen LogP contribution in [0.5, 0.6) is 11.5 Å². The van der Waals surface area contributed by atoms with Crippen molar-refractivity contribution >= 4 is 5.78 Å². The molecule has 3 atom stereocenters. The lowest BCUT2D eigenvalue weighted by Crippen LogP contribution is -2.24. The van der Waals surface area contributed by atoms with Crippen molar-refractivity contribution in [3.05, 3.63) is 23.8 Å². The number of rotatable bonds is 4. The highest BCUT2D eigenvalue weighted by Gasteiger charge is 2.41. The molecule has 0 saturated heterocycles. The van der Waals surface area contributed by atoms with E-state index in [4.69, 9.17) is 9.47 Å². The highest BCUT2D eigenvalue weighted by atomic mass is 16.5. The van der Waals surface area contributed by atoms with E-state index in [2.05, 4.69) is 0 Å². The van der Waals surface area contributed by atoms with Crippen LogP contribution in [0.25, 0.3) is 0 Å². The summed E-state index contributed by atoms with van der Waals surface area (Å²) in [6.07, 6.45) is 5.28. The zero-order valence-corrected chi connectivity index (χ0v) is 11.5. The molecule has 2 fully saturated rings. The van der Waals surface area contributed by atoms with Crippen molar-refractivity contribution in [2.75, 3.05) is 7.11 Å². The van der Waals surface area contributed by atoms with Crippen LogP contribution < -0.4 is 9.47 Å². The molecule has 2 aliphatic carbocycles. The molecule has 2 aliphatic rings. The van der Waals surface area contributed by atoms with E-state index < -0.39 is 0 Å². The first kappa shape index (κ1) is 12.5. The fourth-order valence-electron chi connectivity index (χ4n) is 3.56. The first-order valence-corrected chi connectivity index (χ1v) is 7.03. The van der Waals surface area contributed by atoms with Crippen LogP contribution >= 0.6 is 0 Å². The molecular formula is C16H20O3. The minimum absolute atomic E-state index is 0.0251. The lowest BCUT2D eigenvalue weighted by atomic mass is 9.97. The molecule has 0 aromatic heterocycles. The van der Waals surface area contributed by atoms with E-state index in [0.29, 0.717) is 23.0 Å². The number of hydrogen-bond acceptors (Lipinski definition) is 3. The summed E-state index contributed by atoms with van der Waals surface area (Å²) in [5.74, 6) is 2.81. The molecule has 1 aromatic rings. The molecule has 2 saturated carbocycles. The van der Waals surface area contributed by atoms with Crippen LogP contribution in [-0.4, -0.2) is 19.0 Å². The Morgan fingerprint density at radius 2 is 2.11 bits per heavy atom. The quantitative estimate of drug-likeness (QED) is 0.778. The van der Waals surface area contributed by atoms with Gasteiger partial charge >= 0.3 is 0 Å². The Morgan fingerprint density at radius 1 is 1.26 bits per heavy atom. The van der Waals surface area contributed by atoms with Gasteiger partial charge in [0.25, 0.3) is 0 Å². The lowest BCUT2D eigenvalue weighted by molar-refractivity contribution is 0.0992. The topological polar surface area (TPSA) is 35.5 Å². The summed E-state index contributed by atoms with van der Waals surface area (Å²) in [5, 5.41) is 0. The van der Waals surface area contributed by atoms with Gasteiger partial charge in [-0.3, -0.25) is 4.79 Å². The smallest absolute Gasteiger partial charge is 0.172 e. The van der Waals surface area contributed by atoms with E-state index in [-0.39, 0.29) is 11.9 Å². The van der Waals surface area contributed by atoms with Crippen molar-refractivity contribution in [3.8, 4) is 11.5 Å². The number of Topliss-reactive ketones (excluding diaryl/α,β-unsaturated/α-hetero) is 1. The second-order valence-electron chi connectivity index (χ2n) is 5.72. The molecule has 0 aliphatic heterocycles. The molecular weight excluding hydrogens is 240 g/mol. The van der Waals surface area contributed by atoms with Gasteiger partial charge in [-0.1, -0.05) is 6.07 Å². The average molecular weight is 260 g/mol. The third-order valence-electron chi connectivity index (χ3n) is 4.52. The zero-order valence-electron chi connectivity index (χ0n) is 11.5. The standard InChI is InChI=1S/C16H20O3/c1-10(17)13-4-3-5-14(18-2)16(13)19-15-9-11-6-7-12(15)8-11/h3-5,11-12,15H,6-9H2,1-2H3. The predicted octanol–water partition coefficient (Wildman–Crippen LogP) is 3.47. The van der Waals surface area contributed by atoms with Crippen LogP contribution in [0.2, 0.25) is 0 Å². The fraction of sp³-hybridized carbons (Fsp3) is 0.562. The molecule has 102 valence electrons. The second kappa shape index (κ2) is 4.87. The molecule has 3 rings (SSSR count). The van der Waals surface area contributed by atoms with Crippen molar-refractivity contribution < 1.29 is 14.3 Å². The SMILES string of the molecule is COc1cccc(C(C)=O)c1OC1CC2CCC1C2. The van der Waals surface area contributed by atoms with E-state index >= 15 is 0 Å². The first-order chi connectivity index (χ1) is 9.19. The van der Waals surface area contributed by atoms with Gasteiger partial charge in [0.2, 0.25) is 0 Å². The van der Waals surface area contributed by atoms with Gasteiger partial charge in [-0.05, 0) is 56.6 Å². The predicted molar refractivity (Wildman–Crippen MR) is 72.9 cm³/mol. The molecule has 1 aromatic carbocycles. The van der Waals surface area contributed by atoms with Crippen molar-refractivity contribution in [2.45, 2.75) is 38.7 Å². The Labute approximate surface area is 113 Å². The van der Waals surface area contributed by atoms with Gasteiger partial charge in [0.1, 0.15) is 6.10 Å². The number of carbonyl (C=O) groups is 1. The van der Waals surface area contributed by atoms with Crippen molar-refractivity contribution in [1.82, 2.24) is 0 Å². The van der Waals surface area contributed by atoms with Crippen LogP contribution in [0.4, 0.5) is 0 Å². The summed E-state index contributed by atoms with van der Waals surface area (Å²) in [5.41, 5.74) is 0.627. The molecule has 0 heterocycles. The largest absolute Gasteiger partial charge is 0.493 e. The Morgan fingerprint density at radius 3 is 2.68 bits per heavy atom. The first-order valence-electron chi connectivity index (χ1n) is 7.03. The number of ether oxygens (including phenoxy) is 2. The Balaban J connectivity index is 1.88. The number of fused-ring (bicyclic) bond motifs is 2. The minimum atomic E-state index is 0.0251. The summed E-state index contributed by atoms with van der Waals surface area (Å²) < 4.78 is 11.5. The fourth-order valence-corrected chi connectivity index (χ4v) is 3.56. The highest BCUT2D eigenvalue weighted by molar-refractivity contribution is 5.97. The maximum absolute atomic E-state index is 11.7. The zero-order chi connectivity index (χ0) is 13.4. The third-order valence-corrected chi connectivity index (χ3v) is 4.52. The molecule has 3 unspecified atom stereocenters. The Kier molecular flexibility index (Phi) is 3.21. The summed E-state index contributed by atoms with van der Waals surface area (Å²) in [7, 11) is 1.62. The third kappa shape index (κ3) is 2.22. The van der Waals surface area contributed by atoms with Gasteiger partial charge in [-0.15, -0.1) is 0 Å². The Hall–Kier alpha value is -1.51. The molecule has 0 spiro atoms. The second-order valence-corrected chi connectivity index (χ2v) is 5.72. The molecule has 3 nitrogen and oxygen atoms in total. The molecule has 0 amide bonds.